The molecule has 2 spiro atoms. The smallest absolute Gasteiger partial charge is 0.209 e. The fourth-order valence-electron chi connectivity index (χ4n) is 4.50. The standard InChI is InChI=1S/C18H30N2O2S/c1-16(2,3)23(4,5)22-13(12-21-14-6-11-19-20-14)15-17(7-8-17)18(15)9-10-18/h6,11,13,15H,7-10,12H2,1-5H3,(H,19,20). The van der Waals surface area contributed by atoms with E-state index in [1.165, 1.54) is 25.7 Å². The number of H-pyrrole nitrogens is 1. The van der Waals surface area contributed by atoms with Crippen molar-refractivity contribution < 1.29 is 8.92 Å². The lowest BCUT2D eigenvalue weighted by atomic mass is 10.2. The van der Waals surface area contributed by atoms with Gasteiger partial charge in [-0.25, -0.2) is 5.10 Å². The van der Waals surface area contributed by atoms with Crippen molar-refractivity contribution in [3.8, 4) is 5.88 Å². The van der Waals surface area contributed by atoms with E-state index >= 15 is 0 Å². The zero-order valence-corrected chi connectivity index (χ0v) is 15.8. The van der Waals surface area contributed by atoms with Crippen LogP contribution >= 0.6 is 10.3 Å². The number of aromatic nitrogens is 2. The molecule has 0 bridgehead atoms. The third-order valence-electron chi connectivity index (χ3n) is 6.77. The Morgan fingerprint density at radius 3 is 2.30 bits per heavy atom. The van der Waals surface area contributed by atoms with Crippen LogP contribution in [-0.4, -0.2) is 40.2 Å². The van der Waals surface area contributed by atoms with Crippen LogP contribution in [0.3, 0.4) is 0 Å². The van der Waals surface area contributed by atoms with Crippen molar-refractivity contribution in [1.82, 2.24) is 10.2 Å². The summed E-state index contributed by atoms with van der Waals surface area (Å²) in [6.45, 7) is 7.52. The normalized spacial score (nSPS) is 26.3. The molecule has 3 aliphatic rings. The molecule has 0 amide bonds. The van der Waals surface area contributed by atoms with Crippen molar-refractivity contribution in [2.24, 2.45) is 16.7 Å². The first kappa shape index (κ1) is 15.8. The van der Waals surface area contributed by atoms with Crippen molar-refractivity contribution in [2.45, 2.75) is 57.3 Å². The molecule has 0 radical (unpaired) electrons. The maximum Gasteiger partial charge on any atom is 0.209 e. The minimum atomic E-state index is -1.14. The summed E-state index contributed by atoms with van der Waals surface area (Å²) in [5, 5.41) is 6.87. The van der Waals surface area contributed by atoms with E-state index in [1.807, 2.05) is 6.07 Å². The molecular weight excluding hydrogens is 308 g/mol. The Morgan fingerprint density at radius 1 is 1.26 bits per heavy atom. The topological polar surface area (TPSA) is 47.1 Å². The molecule has 4 nitrogen and oxygen atoms in total. The van der Waals surface area contributed by atoms with Crippen LogP contribution in [0.4, 0.5) is 0 Å². The van der Waals surface area contributed by atoms with Crippen LogP contribution in [0.25, 0.3) is 0 Å². The second-order valence-electron chi connectivity index (χ2n) is 9.00. The first-order chi connectivity index (χ1) is 10.7. The summed E-state index contributed by atoms with van der Waals surface area (Å²) in [5.41, 5.74) is 1.25. The van der Waals surface area contributed by atoms with Gasteiger partial charge in [0.25, 0.3) is 0 Å². The maximum absolute atomic E-state index is 6.80. The van der Waals surface area contributed by atoms with Gasteiger partial charge in [0.1, 0.15) is 12.7 Å². The van der Waals surface area contributed by atoms with Gasteiger partial charge in [-0.05, 0) is 49.0 Å². The number of nitrogens with one attached hydrogen (secondary N) is 1. The molecule has 1 heterocycles. The average Bonchev–Trinajstić information content (AvgIpc) is 3.40. The fraction of sp³-hybridized carbons (Fsp3) is 0.833. The SMILES string of the molecule is CC(C)(C)S(C)(C)OC(COc1ccn[nH]1)C1C2(CC2)C12CC2. The molecule has 3 fully saturated rings. The van der Waals surface area contributed by atoms with Gasteiger partial charge in [0.2, 0.25) is 5.88 Å². The van der Waals surface area contributed by atoms with E-state index in [1.54, 1.807) is 6.20 Å². The number of rotatable bonds is 6. The van der Waals surface area contributed by atoms with Gasteiger partial charge in [0, 0.05) is 16.7 Å². The van der Waals surface area contributed by atoms with Crippen LogP contribution in [0.1, 0.15) is 46.5 Å². The average molecular weight is 339 g/mol. The van der Waals surface area contributed by atoms with E-state index in [2.05, 4.69) is 43.5 Å². The van der Waals surface area contributed by atoms with Gasteiger partial charge in [-0.3, -0.25) is 0 Å². The van der Waals surface area contributed by atoms with Crippen LogP contribution in [0.5, 0.6) is 5.88 Å². The van der Waals surface area contributed by atoms with Gasteiger partial charge in [-0.2, -0.15) is 5.10 Å². The van der Waals surface area contributed by atoms with Crippen molar-refractivity contribution in [1.29, 1.82) is 0 Å². The lowest BCUT2D eigenvalue weighted by Crippen LogP contribution is -2.33. The van der Waals surface area contributed by atoms with E-state index in [-0.39, 0.29) is 10.9 Å². The predicted molar refractivity (Wildman–Crippen MR) is 95.0 cm³/mol. The van der Waals surface area contributed by atoms with E-state index < -0.39 is 10.3 Å². The number of aromatic amines is 1. The molecule has 0 saturated heterocycles. The van der Waals surface area contributed by atoms with E-state index in [0.717, 1.165) is 5.88 Å². The van der Waals surface area contributed by atoms with Gasteiger partial charge < -0.3 is 8.92 Å². The Balaban J connectivity index is 1.50. The van der Waals surface area contributed by atoms with Gasteiger partial charge in [-0.15, -0.1) is 10.3 Å². The van der Waals surface area contributed by atoms with Gasteiger partial charge in [-0.1, -0.05) is 20.8 Å². The largest absolute Gasteiger partial charge is 0.475 e. The Kier molecular flexibility index (Phi) is 3.23. The summed E-state index contributed by atoms with van der Waals surface area (Å²) in [6, 6.07) is 1.88. The van der Waals surface area contributed by atoms with Gasteiger partial charge in [0.05, 0.1) is 6.20 Å². The van der Waals surface area contributed by atoms with Crippen LogP contribution in [-0.2, 0) is 4.18 Å². The molecule has 3 saturated carbocycles. The monoisotopic (exact) mass is 338 g/mol. The zero-order chi connectivity index (χ0) is 16.5. The summed E-state index contributed by atoms with van der Waals surface area (Å²) in [4.78, 5) is 0. The van der Waals surface area contributed by atoms with E-state index in [4.69, 9.17) is 8.92 Å². The van der Waals surface area contributed by atoms with Crippen LogP contribution < -0.4 is 4.74 Å². The number of ether oxygens (including phenoxy) is 1. The summed E-state index contributed by atoms with van der Waals surface area (Å²) in [5.74, 6) is 1.46. The highest BCUT2D eigenvalue weighted by Crippen LogP contribution is 2.93. The highest BCUT2D eigenvalue weighted by molar-refractivity contribution is 8.29. The fourth-order valence-corrected chi connectivity index (χ4v) is 5.58. The quantitative estimate of drug-likeness (QED) is 0.848. The molecule has 1 unspecified atom stereocenters. The molecule has 23 heavy (non-hydrogen) atoms. The van der Waals surface area contributed by atoms with Crippen molar-refractivity contribution in [2.75, 3.05) is 19.1 Å². The Bertz CT molecular complexity index is 565. The number of nitrogens with zero attached hydrogens (tertiary/aromatic N) is 1. The molecular formula is C18H30N2O2S. The maximum atomic E-state index is 6.80. The third kappa shape index (κ3) is 2.34. The van der Waals surface area contributed by atoms with Crippen LogP contribution in [0, 0.1) is 16.7 Å². The minimum Gasteiger partial charge on any atom is -0.475 e. The van der Waals surface area contributed by atoms with Crippen molar-refractivity contribution in [3.05, 3.63) is 12.3 Å². The highest BCUT2D eigenvalue weighted by atomic mass is 32.3. The van der Waals surface area contributed by atoms with E-state index in [9.17, 15) is 0 Å². The lowest BCUT2D eigenvalue weighted by molar-refractivity contribution is 0.110. The van der Waals surface area contributed by atoms with Gasteiger partial charge >= 0.3 is 0 Å². The molecule has 130 valence electrons. The molecule has 1 aromatic heterocycles. The zero-order valence-electron chi connectivity index (χ0n) is 15.0. The molecule has 0 aliphatic heterocycles. The number of fused-ring (bicyclic) bond motifs is 1. The number of hydrogen-bond donors (Lipinski definition) is 1. The van der Waals surface area contributed by atoms with Crippen LogP contribution in [0.2, 0.25) is 0 Å². The lowest BCUT2D eigenvalue weighted by Gasteiger charge is -2.46. The van der Waals surface area contributed by atoms with Crippen LogP contribution in [0.15, 0.2) is 12.3 Å². The second kappa shape index (κ2) is 4.69. The van der Waals surface area contributed by atoms with Crippen molar-refractivity contribution in [3.63, 3.8) is 0 Å². The summed E-state index contributed by atoms with van der Waals surface area (Å²) < 4.78 is 13.0. The van der Waals surface area contributed by atoms with Gasteiger partial charge in [0.15, 0.2) is 0 Å². The summed E-state index contributed by atoms with van der Waals surface area (Å²) >= 11 is 0. The molecule has 3 aliphatic carbocycles. The molecule has 1 aromatic rings. The first-order valence-corrected chi connectivity index (χ1v) is 11.1. The predicted octanol–water partition coefficient (Wildman–Crippen LogP) is 4.14. The molecule has 1 N–H and O–H groups in total. The molecule has 4 rings (SSSR count). The molecule has 5 heteroatoms. The minimum absolute atomic E-state index is 0.182. The second-order valence-corrected chi connectivity index (χ2v) is 12.9. The third-order valence-corrected chi connectivity index (χ3v) is 10.4. The Labute approximate surface area is 141 Å². The Morgan fingerprint density at radius 2 is 1.87 bits per heavy atom. The van der Waals surface area contributed by atoms with E-state index in [0.29, 0.717) is 23.4 Å². The summed E-state index contributed by atoms with van der Waals surface area (Å²) in [6.07, 6.45) is 12.2. The molecule has 0 aromatic carbocycles. The first-order valence-electron chi connectivity index (χ1n) is 8.75. The van der Waals surface area contributed by atoms with Crippen molar-refractivity contribution >= 4 is 10.3 Å². The Hall–Kier alpha value is -0.680. The highest BCUT2D eigenvalue weighted by Gasteiger charge is 2.88. The summed E-state index contributed by atoms with van der Waals surface area (Å²) in [7, 11) is -1.14. The molecule has 1 atom stereocenters. The number of hydrogen-bond acceptors (Lipinski definition) is 3.